The molecule has 2 N–H and O–H groups in total. The van der Waals surface area contributed by atoms with Gasteiger partial charge in [0, 0.05) is 23.7 Å². The fraction of sp³-hybridized carbons (Fsp3) is 0.105. The Hall–Kier alpha value is -2.75. The lowest BCUT2D eigenvalue weighted by molar-refractivity contribution is 0.103. The number of pyridine rings is 1. The molecule has 0 spiro atoms. The number of imidazole rings is 1. The number of nitrogens with zero attached hydrogens (tertiary/aromatic N) is 2. The first-order valence-corrected chi connectivity index (χ1v) is 11.5. The molecule has 0 saturated heterocycles. The Morgan fingerprint density at radius 3 is 2.72 bits per heavy atom. The van der Waals surface area contributed by atoms with Crippen LogP contribution in [0.4, 0.5) is 5.69 Å². The molecule has 0 aliphatic carbocycles. The number of sulfone groups is 1. The summed E-state index contributed by atoms with van der Waals surface area (Å²) in [5.74, 6) is 0.134. The second-order valence-electron chi connectivity index (χ2n) is 6.51. The normalized spacial score (nSPS) is 11.7. The summed E-state index contributed by atoms with van der Waals surface area (Å²) in [4.78, 5) is 24.7. The first-order valence-electron chi connectivity index (χ1n) is 8.44. The van der Waals surface area contributed by atoms with Gasteiger partial charge in [-0.1, -0.05) is 11.6 Å². The van der Waals surface area contributed by atoms with Crippen LogP contribution in [0.2, 0.25) is 5.02 Å². The average Bonchev–Trinajstić information content (AvgIpc) is 3.29. The molecular formula is C19H15ClN4O3S2. The maximum Gasteiger partial charge on any atom is 0.265 e. The van der Waals surface area contributed by atoms with Crippen molar-refractivity contribution in [3.05, 3.63) is 58.1 Å². The first-order chi connectivity index (χ1) is 13.7. The minimum atomic E-state index is -3.35. The number of thiophene rings is 1. The molecule has 0 fully saturated rings. The number of amides is 1. The summed E-state index contributed by atoms with van der Waals surface area (Å²) in [7, 11) is -3.35. The highest BCUT2D eigenvalue weighted by Gasteiger charge is 2.16. The van der Waals surface area contributed by atoms with Gasteiger partial charge in [-0.15, -0.1) is 11.3 Å². The monoisotopic (exact) mass is 446 g/mol. The van der Waals surface area contributed by atoms with Gasteiger partial charge in [0.05, 0.1) is 15.4 Å². The third kappa shape index (κ3) is 4.02. The van der Waals surface area contributed by atoms with Gasteiger partial charge in [-0.25, -0.2) is 18.4 Å². The number of nitrogens with one attached hydrogen (secondary N) is 2. The Labute approximate surface area is 175 Å². The minimum absolute atomic E-state index is 0.143. The number of anilines is 1. The summed E-state index contributed by atoms with van der Waals surface area (Å²) in [5, 5.41) is 3.23. The highest BCUT2D eigenvalue weighted by molar-refractivity contribution is 7.92. The molecule has 0 aliphatic heterocycles. The lowest BCUT2D eigenvalue weighted by Gasteiger charge is -2.07. The van der Waals surface area contributed by atoms with Crippen LogP contribution in [0.15, 0.2) is 46.8 Å². The van der Waals surface area contributed by atoms with E-state index in [1.807, 2.05) is 13.0 Å². The van der Waals surface area contributed by atoms with Crippen molar-refractivity contribution in [2.24, 2.45) is 0 Å². The molecule has 0 aliphatic rings. The molecule has 1 aromatic carbocycles. The van der Waals surface area contributed by atoms with E-state index in [-0.39, 0.29) is 4.21 Å². The van der Waals surface area contributed by atoms with Crippen molar-refractivity contribution in [1.82, 2.24) is 15.0 Å². The van der Waals surface area contributed by atoms with E-state index >= 15 is 0 Å². The van der Waals surface area contributed by atoms with Crippen LogP contribution in [0, 0.1) is 6.92 Å². The number of carbonyl (C=O) groups excluding carboxylic acids is 1. The van der Waals surface area contributed by atoms with Gasteiger partial charge in [-0.2, -0.15) is 0 Å². The van der Waals surface area contributed by atoms with Crippen molar-refractivity contribution in [1.29, 1.82) is 0 Å². The van der Waals surface area contributed by atoms with Gasteiger partial charge >= 0.3 is 0 Å². The van der Waals surface area contributed by atoms with E-state index in [0.29, 0.717) is 32.6 Å². The zero-order valence-corrected chi connectivity index (χ0v) is 17.7. The minimum Gasteiger partial charge on any atom is -0.337 e. The third-order valence-electron chi connectivity index (χ3n) is 4.12. The highest BCUT2D eigenvalue weighted by Crippen LogP contribution is 2.30. The number of aromatic nitrogens is 3. The molecule has 29 heavy (non-hydrogen) atoms. The third-order valence-corrected chi connectivity index (χ3v) is 7.36. The van der Waals surface area contributed by atoms with E-state index in [1.165, 1.54) is 12.1 Å². The van der Waals surface area contributed by atoms with Crippen molar-refractivity contribution in [3.8, 4) is 11.4 Å². The van der Waals surface area contributed by atoms with Crippen LogP contribution in [0.1, 0.15) is 15.2 Å². The summed E-state index contributed by atoms with van der Waals surface area (Å²) in [5.41, 5.74) is 3.49. The predicted octanol–water partition coefficient (Wildman–Crippen LogP) is 4.30. The number of aromatic amines is 1. The van der Waals surface area contributed by atoms with Crippen molar-refractivity contribution < 1.29 is 13.2 Å². The van der Waals surface area contributed by atoms with E-state index in [9.17, 15) is 13.2 Å². The van der Waals surface area contributed by atoms with Crippen molar-refractivity contribution in [2.75, 3.05) is 11.6 Å². The highest BCUT2D eigenvalue weighted by atomic mass is 35.5. The topological polar surface area (TPSA) is 105 Å². The van der Waals surface area contributed by atoms with Crippen LogP contribution in [0.5, 0.6) is 0 Å². The van der Waals surface area contributed by atoms with Crippen LogP contribution in [0.3, 0.4) is 0 Å². The Kier molecular flexibility index (Phi) is 4.89. The number of aryl methyl sites for hydroxylation is 1. The molecule has 0 unspecified atom stereocenters. The maximum atomic E-state index is 12.5. The fourth-order valence-electron chi connectivity index (χ4n) is 2.75. The van der Waals surface area contributed by atoms with Gasteiger partial charge in [0.1, 0.15) is 10.0 Å². The molecule has 4 aromatic rings. The summed E-state index contributed by atoms with van der Waals surface area (Å²) < 4.78 is 23.4. The van der Waals surface area contributed by atoms with E-state index < -0.39 is 15.7 Å². The molecule has 0 bridgehead atoms. The average molecular weight is 447 g/mol. The quantitative estimate of drug-likeness (QED) is 0.486. The molecule has 3 heterocycles. The van der Waals surface area contributed by atoms with E-state index in [0.717, 1.165) is 28.7 Å². The smallest absolute Gasteiger partial charge is 0.265 e. The molecular weight excluding hydrogens is 432 g/mol. The standard InChI is InChI=1S/C19H15ClN4O3S2/c1-10-7-14-18(21-9-10)24-17(23-14)12-8-11(3-4-13(12)20)22-19(25)15-5-6-16(28-15)29(2,26)27/h3-9H,1-2H3,(H,22,25)(H,21,23,24). The maximum absolute atomic E-state index is 12.5. The molecule has 0 saturated carbocycles. The molecule has 4 rings (SSSR count). The van der Waals surface area contributed by atoms with Gasteiger partial charge in [-0.05, 0) is 48.9 Å². The van der Waals surface area contributed by atoms with Crippen LogP contribution < -0.4 is 5.32 Å². The van der Waals surface area contributed by atoms with Gasteiger partial charge in [0.15, 0.2) is 15.5 Å². The van der Waals surface area contributed by atoms with Crippen molar-refractivity contribution in [3.63, 3.8) is 0 Å². The molecule has 0 atom stereocenters. The molecule has 7 nitrogen and oxygen atoms in total. The fourth-order valence-corrected chi connectivity index (χ4v) is 4.78. The molecule has 1 amide bonds. The van der Waals surface area contributed by atoms with Crippen LogP contribution >= 0.6 is 22.9 Å². The summed E-state index contributed by atoms with van der Waals surface area (Å²) in [6.45, 7) is 1.94. The lowest BCUT2D eigenvalue weighted by Crippen LogP contribution is -2.10. The van der Waals surface area contributed by atoms with E-state index in [2.05, 4.69) is 20.3 Å². The SMILES string of the molecule is Cc1cnc2nc(-c3cc(NC(=O)c4ccc(S(C)(=O)=O)s4)ccc3Cl)[nH]c2c1. The van der Waals surface area contributed by atoms with Gasteiger partial charge in [0.2, 0.25) is 0 Å². The second kappa shape index (κ2) is 7.25. The number of benzene rings is 1. The summed E-state index contributed by atoms with van der Waals surface area (Å²) in [6, 6.07) is 9.88. The zero-order chi connectivity index (χ0) is 20.8. The Balaban J connectivity index is 1.64. The lowest BCUT2D eigenvalue weighted by atomic mass is 10.2. The van der Waals surface area contributed by atoms with Gasteiger partial charge in [0.25, 0.3) is 5.91 Å². The summed E-state index contributed by atoms with van der Waals surface area (Å²) in [6.07, 6.45) is 2.84. The van der Waals surface area contributed by atoms with Gasteiger partial charge in [-0.3, -0.25) is 4.79 Å². The Morgan fingerprint density at radius 2 is 2.00 bits per heavy atom. The Bertz CT molecular complexity index is 1360. The molecule has 10 heteroatoms. The number of hydrogen-bond acceptors (Lipinski definition) is 6. The van der Waals surface area contributed by atoms with Crippen LogP contribution in [0.25, 0.3) is 22.6 Å². The number of rotatable bonds is 4. The predicted molar refractivity (Wildman–Crippen MR) is 114 cm³/mol. The zero-order valence-electron chi connectivity index (χ0n) is 15.4. The first kappa shape index (κ1) is 19.6. The second-order valence-corrected chi connectivity index (χ2v) is 10.2. The van der Waals surface area contributed by atoms with E-state index in [4.69, 9.17) is 11.6 Å². The number of H-pyrrole nitrogens is 1. The number of hydrogen-bond donors (Lipinski definition) is 2. The van der Waals surface area contributed by atoms with E-state index in [1.54, 1.807) is 24.4 Å². The largest absolute Gasteiger partial charge is 0.337 e. The van der Waals surface area contributed by atoms with Crippen LogP contribution in [-0.4, -0.2) is 35.5 Å². The van der Waals surface area contributed by atoms with Crippen molar-refractivity contribution >= 4 is 55.5 Å². The number of fused-ring (bicyclic) bond motifs is 1. The van der Waals surface area contributed by atoms with Crippen molar-refractivity contribution in [2.45, 2.75) is 11.1 Å². The Morgan fingerprint density at radius 1 is 1.21 bits per heavy atom. The molecule has 3 aromatic heterocycles. The summed E-state index contributed by atoms with van der Waals surface area (Å²) >= 11 is 7.26. The van der Waals surface area contributed by atoms with Gasteiger partial charge < -0.3 is 10.3 Å². The number of halogens is 1. The molecule has 0 radical (unpaired) electrons. The number of carbonyl (C=O) groups is 1. The van der Waals surface area contributed by atoms with Crippen LogP contribution in [-0.2, 0) is 9.84 Å². The molecule has 148 valence electrons.